The van der Waals surface area contributed by atoms with Crippen LogP contribution in [0.15, 0.2) is 29.2 Å². The third-order valence-electron chi connectivity index (χ3n) is 3.85. The molecule has 0 aromatic carbocycles. The summed E-state index contributed by atoms with van der Waals surface area (Å²) in [6, 6.07) is 3.82. The molecule has 3 aromatic rings. The fraction of sp³-hybridized carbons (Fsp3) is 0.312. The number of aromatic nitrogens is 5. The maximum Gasteiger partial charge on any atom is 0.278 e. The number of rotatable bonds is 6. The number of nitrogens with zero attached hydrogens (tertiary/aromatic N) is 5. The summed E-state index contributed by atoms with van der Waals surface area (Å²) >= 11 is 0. The van der Waals surface area contributed by atoms with E-state index in [0.29, 0.717) is 30.5 Å². The van der Waals surface area contributed by atoms with Crippen molar-refractivity contribution in [1.82, 2.24) is 30.6 Å². The standard InChI is InChI=1S/C16H17N7O2/c1-10-16(23-25-22-10)24-6-5-19-15-12-8-18-9-13(12)20-14(21-15)11-3-2-4-17-7-11/h2-4,7,18H,5-6,8-9H2,1H3,(H,19,20,21). The van der Waals surface area contributed by atoms with E-state index in [1.807, 2.05) is 12.1 Å². The summed E-state index contributed by atoms with van der Waals surface area (Å²) in [6.07, 6.45) is 3.49. The van der Waals surface area contributed by atoms with Gasteiger partial charge >= 0.3 is 0 Å². The van der Waals surface area contributed by atoms with E-state index in [1.54, 1.807) is 19.3 Å². The minimum atomic E-state index is 0.410. The fourth-order valence-electron chi connectivity index (χ4n) is 2.61. The third kappa shape index (κ3) is 3.26. The Bertz CT molecular complexity index is 866. The number of ether oxygens (including phenoxy) is 1. The molecule has 0 radical (unpaired) electrons. The predicted octanol–water partition coefficient (Wildman–Crippen LogP) is 1.32. The van der Waals surface area contributed by atoms with E-state index in [1.165, 1.54) is 0 Å². The monoisotopic (exact) mass is 339 g/mol. The SMILES string of the molecule is Cc1nonc1OCCNc1nc(-c2cccnc2)nc2c1CNC2. The van der Waals surface area contributed by atoms with Gasteiger partial charge in [-0.05, 0) is 24.2 Å². The van der Waals surface area contributed by atoms with Crippen molar-refractivity contribution in [2.45, 2.75) is 20.0 Å². The van der Waals surface area contributed by atoms with Gasteiger partial charge in [0, 0.05) is 36.6 Å². The van der Waals surface area contributed by atoms with Crippen molar-refractivity contribution < 1.29 is 9.37 Å². The summed E-state index contributed by atoms with van der Waals surface area (Å²) in [5.41, 5.74) is 3.62. The van der Waals surface area contributed by atoms with Crippen molar-refractivity contribution in [2.75, 3.05) is 18.5 Å². The van der Waals surface area contributed by atoms with Crippen LogP contribution in [0.5, 0.6) is 5.88 Å². The molecule has 4 rings (SSSR count). The second kappa shape index (κ2) is 6.81. The molecule has 0 atom stereocenters. The molecule has 0 spiro atoms. The zero-order valence-electron chi connectivity index (χ0n) is 13.7. The first-order chi connectivity index (χ1) is 12.3. The second-order valence-corrected chi connectivity index (χ2v) is 5.60. The van der Waals surface area contributed by atoms with Gasteiger partial charge in [-0.3, -0.25) is 4.98 Å². The van der Waals surface area contributed by atoms with Crippen molar-refractivity contribution in [1.29, 1.82) is 0 Å². The molecule has 2 N–H and O–H groups in total. The van der Waals surface area contributed by atoms with Crippen LogP contribution in [-0.2, 0) is 13.1 Å². The van der Waals surface area contributed by atoms with E-state index in [2.05, 4.69) is 40.5 Å². The average Bonchev–Trinajstić information content (AvgIpc) is 3.28. The van der Waals surface area contributed by atoms with Gasteiger partial charge in [0.25, 0.3) is 5.88 Å². The number of anilines is 1. The molecule has 1 aliphatic rings. The van der Waals surface area contributed by atoms with E-state index < -0.39 is 0 Å². The van der Waals surface area contributed by atoms with Gasteiger partial charge in [0.15, 0.2) is 5.82 Å². The second-order valence-electron chi connectivity index (χ2n) is 5.60. The lowest BCUT2D eigenvalue weighted by molar-refractivity contribution is 0.261. The molecule has 128 valence electrons. The van der Waals surface area contributed by atoms with E-state index >= 15 is 0 Å². The molecule has 0 saturated heterocycles. The highest BCUT2D eigenvalue weighted by Gasteiger charge is 2.19. The van der Waals surface area contributed by atoms with Crippen LogP contribution in [0, 0.1) is 6.92 Å². The summed E-state index contributed by atoms with van der Waals surface area (Å²) in [6.45, 7) is 4.26. The van der Waals surface area contributed by atoms with Crippen LogP contribution >= 0.6 is 0 Å². The van der Waals surface area contributed by atoms with E-state index in [-0.39, 0.29) is 0 Å². The summed E-state index contributed by atoms with van der Waals surface area (Å²) in [4.78, 5) is 13.5. The highest BCUT2D eigenvalue weighted by atomic mass is 16.6. The van der Waals surface area contributed by atoms with Gasteiger partial charge in [0.05, 0.1) is 12.2 Å². The topological polar surface area (TPSA) is 111 Å². The largest absolute Gasteiger partial charge is 0.472 e. The van der Waals surface area contributed by atoms with Gasteiger partial charge in [-0.25, -0.2) is 14.6 Å². The molecule has 9 nitrogen and oxygen atoms in total. The van der Waals surface area contributed by atoms with Gasteiger partial charge in [0.1, 0.15) is 18.1 Å². The maximum absolute atomic E-state index is 5.53. The Morgan fingerprint density at radius 3 is 3.04 bits per heavy atom. The first kappa shape index (κ1) is 15.5. The van der Waals surface area contributed by atoms with Gasteiger partial charge in [0.2, 0.25) is 0 Å². The number of hydrogen-bond acceptors (Lipinski definition) is 9. The molecular formula is C16H17N7O2. The first-order valence-corrected chi connectivity index (χ1v) is 7.98. The molecule has 25 heavy (non-hydrogen) atoms. The van der Waals surface area contributed by atoms with Gasteiger partial charge < -0.3 is 15.4 Å². The van der Waals surface area contributed by atoms with Crippen molar-refractivity contribution in [3.05, 3.63) is 41.5 Å². The minimum absolute atomic E-state index is 0.410. The molecule has 0 unspecified atom stereocenters. The summed E-state index contributed by atoms with van der Waals surface area (Å²) < 4.78 is 10.1. The highest BCUT2D eigenvalue weighted by Crippen LogP contribution is 2.25. The average molecular weight is 339 g/mol. The summed E-state index contributed by atoms with van der Waals surface area (Å²) in [5.74, 6) is 1.88. The normalized spacial score (nSPS) is 12.8. The quantitative estimate of drug-likeness (QED) is 0.642. The molecule has 9 heteroatoms. The molecule has 0 aliphatic carbocycles. The van der Waals surface area contributed by atoms with Gasteiger partial charge in [-0.2, -0.15) is 0 Å². The lowest BCUT2D eigenvalue weighted by atomic mass is 10.2. The van der Waals surface area contributed by atoms with Crippen LogP contribution in [-0.4, -0.2) is 38.4 Å². The molecule has 3 aromatic heterocycles. The van der Waals surface area contributed by atoms with Crippen LogP contribution < -0.4 is 15.4 Å². The number of nitrogens with one attached hydrogen (secondary N) is 2. The Labute approximate surface area is 143 Å². The van der Waals surface area contributed by atoms with Crippen LogP contribution in [0.1, 0.15) is 17.0 Å². The van der Waals surface area contributed by atoms with E-state index in [9.17, 15) is 0 Å². The van der Waals surface area contributed by atoms with Gasteiger partial charge in [-0.1, -0.05) is 5.16 Å². The maximum atomic E-state index is 5.53. The van der Waals surface area contributed by atoms with E-state index in [4.69, 9.17) is 4.74 Å². The molecule has 0 saturated carbocycles. The minimum Gasteiger partial charge on any atom is -0.472 e. The van der Waals surface area contributed by atoms with Crippen LogP contribution in [0.3, 0.4) is 0 Å². The molecule has 0 bridgehead atoms. The lowest BCUT2D eigenvalue weighted by Gasteiger charge is -2.12. The Balaban J connectivity index is 1.49. The Kier molecular flexibility index (Phi) is 4.21. The zero-order valence-corrected chi connectivity index (χ0v) is 13.7. The van der Waals surface area contributed by atoms with Crippen molar-refractivity contribution in [3.63, 3.8) is 0 Å². The summed E-state index contributed by atoms with van der Waals surface area (Å²) in [5, 5.41) is 14.0. The Morgan fingerprint density at radius 1 is 1.28 bits per heavy atom. The molecule has 0 amide bonds. The predicted molar refractivity (Wildman–Crippen MR) is 88.8 cm³/mol. The number of hydrogen-bond donors (Lipinski definition) is 2. The number of aryl methyl sites for hydroxylation is 1. The van der Waals surface area contributed by atoms with Crippen molar-refractivity contribution >= 4 is 5.82 Å². The Hall–Kier alpha value is -3.07. The van der Waals surface area contributed by atoms with Crippen LogP contribution in [0.25, 0.3) is 11.4 Å². The smallest absolute Gasteiger partial charge is 0.278 e. The fourth-order valence-corrected chi connectivity index (χ4v) is 2.61. The first-order valence-electron chi connectivity index (χ1n) is 7.98. The molecule has 1 aliphatic heterocycles. The molecule has 0 fully saturated rings. The number of fused-ring (bicyclic) bond motifs is 1. The van der Waals surface area contributed by atoms with Crippen LogP contribution in [0.2, 0.25) is 0 Å². The molecule has 4 heterocycles. The van der Waals surface area contributed by atoms with Crippen LogP contribution in [0.4, 0.5) is 5.82 Å². The highest BCUT2D eigenvalue weighted by molar-refractivity contribution is 5.59. The number of pyridine rings is 1. The van der Waals surface area contributed by atoms with Crippen molar-refractivity contribution in [2.24, 2.45) is 0 Å². The zero-order chi connectivity index (χ0) is 17.1. The van der Waals surface area contributed by atoms with Gasteiger partial charge in [-0.15, -0.1) is 0 Å². The molecular weight excluding hydrogens is 322 g/mol. The Morgan fingerprint density at radius 2 is 2.24 bits per heavy atom. The third-order valence-corrected chi connectivity index (χ3v) is 3.85. The van der Waals surface area contributed by atoms with Crippen molar-refractivity contribution in [3.8, 4) is 17.3 Å². The lowest BCUT2D eigenvalue weighted by Crippen LogP contribution is -2.15. The summed E-state index contributed by atoms with van der Waals surface area (Å²) in [7, 11) is 0. The van der Waals surface area contributed by atoms with E-state index in [0.717, 1.165) is 35.7 Å².